The molecule has 0 unspecified atom stereocenters. The summed E-state index contributed by atoms with van der Waals surface area (Å²) >= 11 is 0. The summed E-state index contributed by atoms with van der Waals surface area (Å²) in [6.45, 7) is 2.87. The second kappa shape index (κ2) is 12.3. The van der Waals surface area contributed by atoms with Gasteiger partial charge in [-0.15, -0.1) is 13.2 Å². The highest BCUT2D eigenvalue weighted by molar-refractivity contribution is 5.96. The predicted octanol–water partition coefficient (Wildman–Crippen LogP) is 3.72. The molecule has 13 nitrogen and oxygen atoms in total. The molecule has 0 bridgehead atoms. The Kier molecular flexibility index (Phi) is 8.51. The third-order valence-electron chi connectivity index (χ3n) is 6.97. The maximum absolute atomic E-state index is 12.7. The second-order valence-corrected chi connectivity index (χ2v) is 10.5. The number of likely N-dealkylation sites (tertiary alicyclic amines) is 1. The molecule has 0 radical (unpaired) electrons. The molecule has 3 heterocycles. The molecule has 2 aliphatic rings. The molecular formula is C28H28F3N5O8. The van der Waals surface area contributed by atoms with Gasteiger partial charge in [0.05, 0.1) is 13.1 Å². The van der Waals surface area contributed by atoms with Crippen LogP contribution < -0.4 is 24.3 Å². The van der Waals surface area contributed by atoms with Crippen LogP contribution in [0.2, 0.25) is 0 Å². The van der Waals surface area contributed by atoms with Crippen LogP contribution in [0, 0.1) is 10.1 Å². The van der Waals surface area contributed by atoms with E-state index < -0.39 is 22.8 Å². The molecule has 1 N–H and O–H groups in total. The van der Waals surface area contributed by atoms with Crippen molar-refractivity contribution >= 4 is 17.6 Å². The summed E-state index contributed by atoms with van der Waals surface area (Å²) < 4.78 is 59.7. The van der Waals surface area contributed by atoms with E-state index in [0.29, 0.717) is 49.5 Å². The van der Waals surface area contributed by atoms with Gasteiger partial charge in [0, 0.05) is 36.5 Å². The minimum absolute atomic E-state index is 0.134. The summed E-state index contributed by atoms with van der Waals surface area (Å²) in [5.41, 5.74) is -0.450. The first-order chi connectivity index (χ1) is 20.9. The minimum atomic E-state index is -4.77. The van der Waals surface area contributed by atoms with E-state index >= 15 is 0 Å². The van der Waals surface area contributed by atoms with Gasteiger partial charge < -0.3 is 39.3 Å². The zero-order valence-corrected chi connectivity index (χ0v) is 23.4. The number of amides is 2. The summed E-state index contributed by atoms with van der Waals surface area (Å²) in [6, 6.07) is 11.6. The third kappa shape index (κ3) is 7.67. The van der Waals surface area contributed by atoms with Crippen LogP contribution in [-0.2, 0) is 11.3 Å². The second-order valence-electron chi connectivity index (χ2n) is 10.5. The number of nitrogens with one attached hydrogen (secondary N) is 1. The van der Waals surface area contributed by atoms with Gasteiger partial charge in [0.15, 0.2) is 5.60 Å². The lowest BCUT2D eigenvalue weighted by atomic mass is 10.1. The Morgan fingerprint density at radius 2 is 1.73 bits per heavy atom. The van der Waals surface area contributed by atoms with E-state index in [-0.39, 0.29) is 42.7 Å². The van der Waals surface area contributed by atoms with Crippen molar-refractivity contribution in [2.24, 2.45) is 0 Å². The van der Waals surface area contributed by atoms with Crippen LogP contribution in [0.3, 0.4) is 0 Å². The highest BCUT2D eigenvalue weighted by Gasteiger charge is 2.41. The number of nitrogens with zero attached hydrogens (tertiary/aromatic N) is 4. The topological polar surface area (TPSA) is 147 Å². The van der Waals surface area contributed by atoms with Crippen molar-refractivity contribution in [2.45, 2.75) is 44.4 Å². The van der Waals surface area contributed by atoms with E-state index in [0.717, 1.165) is 0 Å². The molecule has 234 valence electrons. The maximum Gasteiger partial charge on any atom is 0.573 e. The van der Waals surface area contributed by atoms with Gasteiger partial charge in [0.25, 0.3) is 5.91 Å². The van der Waals surface area contributed by atoms with Crippen molar-refractivity contribution in [3.63, 3.8) is 0 Å². The molecular weight excluding hydrogens is 591 g/mol. The fraction of sp³-hybridized carbons (Fsp3) is 0.393. The molecule has 0 aliphatic carbocycles. The molecule has 0 saturated carbocycles. The van der Waals surface area contributed by atoms with Gasteiger partial charge in [-0.1, -0.05) is 0 Å². The molecule has 1 atom stereocenters. The number of hydrogen-bond donors (Lipinski definition) is 1. The van der Waals surface area contributed by atoms with Crippen molar-refractivity contribution in [3.8, 4) is 23.3 Å². The zero-order chi connectivity index (χ0) is 31.5. The number of piperidine rings is 1. The number of hydrogen-bond acceptors (Lipinski definition) is 9. The Bertz CT molecular complexity index is 1480. The number of carbonyl (C=O) groups is 2. The third-order valence-corrected chi connectivity index (χ3v) is 6.97. The summed E-state index contributed by atoms with van der Waals surface area (Å²) in [5.74, 6) is -0.433. The Morgan fingerprint density at radius 3 is 2.34 bits per heavy atom. The van der Waals surface area contributed by atoms with Gasteiger partial charge in [0.2, 0.25) is 5.91 Å². The van der Waals surface area contributed by atoms with E-state index in [1.807, 2.05) is 0 Å². The van der Waals surface area contributed by atoms with E-state index in [1.165, 1.54) is 30.5 Å². The lowest BCUT2D eigenvalue weighted by molar-refractivity contribution is -0.389. The Morgan fingerprint density at radius 1 is 1.09 bits per heavy atom. The fourth-order valence-electron chi connectivity index (χ4n) is 4.80. The quantitative estimate of drug-likeness (QED) is 0.265. The molecule has 1 fully saturated rings. The van der Waals surface area contributed by atoms with Crippen LogP contribution in [0.25, 0.3) is 0 Å². The number of carbonyl (C=O) groups excluding carboxylic acids is 2. The average Bonchev–Trinajstić information content (AvgIpc) is 3.51. The standard InChI is InChI=1S/C28H28F3N5O8/c1-27(16-35-15-23(36(39)40)33-26(35)44-27)17-41-19-4-2-18(3-5-19)25(38)32-14-24(37)34-12-10-21(11-13-34)42-20-6-8-22(9-7-20)43-28(29,30)31/h2-9,15,21H,10-14,16-17H2,1H3,(H,32,38)/t27-/m1/s1. The van der Waals surface area contributed by atoms with Crippen LogP contribution in [0.5, 0.6) is 23.3 Å². The smallest absolute Gasteiger partial charge is 0.490 e. The van der Waals surface area contributed by atoms with Crippen LogP contribution in [-0.4, -0.2) is 75.5 Å². The monoisotopic (exact) mass is 619 g/mol. The molecule has 1 saturated heterocycles. The Balaban J connectivity index is 1.01. The molecule has 2 aromatic carbocycles. The van der Waals surface area contributed by atoms with Gasteiger partial charge >= 0.3 is 18.2 Å². The Labute approximate surface area is 248 Å². The van der Waals surface area contributed by atoms with E-state index in [2.05, 4.69) is 15.0 Å². The maximum atomic E-state index is 12.7. The fourth-order valence-corrected chi connectivity index (χ4v) is 4.80. The van der Waals surface area contributed by atoms with Gasteiger partial charge in [-0.3, -0.25) is 14.2 Å². The summed E-state index contributed by atoms with van der Waals surface area (Å²) in [4.78, 5) is 41.0. The van der Waals surface area contributed by atoms with Gasteiger partial charge in [-0.05, 0) is 60.4 Å². The lowest BCUT2D eigenvalue weighted by Crippen LogP contribution is -2.46. The normalized spacial score (nSPS) is 18.2. The number of rotatable bonds is 10. The number of nitro groups is 1. The van der Waals surface area contributed by atoms with E-state index in [1.54, 1.807) is 40.7 Å². The van der Waals surface area contributed by atoms with Crippen LogP contribution >= 0.6 is 0 Å². The molecule has 1 aromatic heterocycles. The average molecular weight is 620 g/mol. The Hall–Kier alpha value is -5.02. The number of alkyl halides is 3. The molecule has 3 aromatic rings. The zero-order valence-electron chi connectivity index (χ0n) is 23.4. The predicted molar refractivity (Wildman–Crippen MR) is 146 cm³/mol. The van der Waals surface area contributed by atoms with Crippen molar-refractivity contribution in [1.82, 2.24) is 19.8 Å². The number of fused-ring (bicyclic) bond motifs is 1. The van der Waals surface area contributed by atoms with Crippen molar-refractivity contribution in [3.05, 3.63) is 70.4 Å². The van der Waals surface area contributed by atoms with Crippen molar-refractivity contribution in [2.75, 3.05) is 26.2 Å². The van der Waals surface area contributed by atoms with Crippen LogP contribution in [0.1, 0.15) is 30.1 Å². The summed E-state index contributed by atoms with van der Waals surface area (Å²) in [7, 11) is 0. The SMILES string of the molecule is C[C@]1(COc2ccc(C(=O)NCC(=O)N3CCC(Oc4ccc(OC(F)(F)F)cc4)CC3)cc2)Cn2cc([N+](=O)[O-])nc2O1. The first kappa shape index (κ1) is 30.4. The molecule has 0 spiro atoms. The number of benzene rings is 2. The highest BCUT2D eigenvalue weighted by Crippen LogP contribution is 2.31. The lowest BCUT2D eigenvalue weighted by Gasteiger charge is -2.32. The highest BCUT2D eigenvalue weighted by atomic mass is 19.4. The number of imidazole rings is 1. The first-order valence-electron chi connectivity index (χ1n) is 13.6. The first-order valence-corrected chi connectivity index (χ1v) is 13.6. The van der Waals surface area contributed by atoms with Crippen LogP contribution in [0.15, 0.2) is 54.7 Å². The summed E-state index contributed by atoms with van der Waals surface area (Å²) in [6.07, 6.45) is -2.63. The molecule has 5 rings (SSSR count). The number of halogens is 3. The van der Waals surface area contributed by atoms with E-state index in [9.17, 15) is 32.9 Å². The van der Waals surface area contributed by atoms with Gasteiger partial charge in [0.1, 0.15) is 36.2 Å². The van der Waals surface area contributed by atoms with Gasteiger partial charge in [-0.2, -0.15) is 0 Å². The number of aromatic nitrogens is 2. The molecule has 2 aliphatic heterocycles. The largest absolute Gasteiger partial charge is 0.573 e. The van der Waals surface area contributed by atoms with E-state index in [4.69, 9.17) is 14.2 Å². The van der Waals surface area contributed by atoms with Crippen molar-refractivity contribution in [1.29, 1.82) is 0 Å². The van der Waals surface area contributed by atoms with Crippen molar-refractivity contribution < 1.29 is 46.6 Å². The minimum Gasteiger partial charge on any atom is -0.490 e. The molecule has 44 heavy (non-hydrogen) atoms. The summed E-state index contributed by atoms with van der Waals surface area (Å²) in [5, 5.41) is 13.5. The number of ether oxygens (including phenoxy) is 4. The van der Waals surface area contributed by atoms with Gasteiger partial charge in [-0.25, -0.2) is 0 Å². The van der Waals surface area contributed by atoms with Crippen LogP contribution in [0.4, 0.5) is 19.0 Å². The molecule has 16 heteroatoms. The molecule has 2 amide bonds.